The van der Waals surface area contributed by atoms with Gasteiger partial charge in [0.15, 0.2) is 4.34 Å². The molecule has 1 aliphatic rings. The van der Waals surface area contributed by atoms with Gasteiger partial charge in [-0.15, -0.1) is 10.2 Å². The van der Waals surface area contributed by atoms with Gasteiger partial charge in [0.2, 0.25) is 5.13 Å². The Morgan fingerprint density at radius 1 is 1.10 bits per heavy atom. The maximum atomic E-state index is 13.4. The van der Waals surface area contributed by atoms with Gasteiger partial charge in [-0.1, -0.05) is 63.3 Å². The van der Waals surface area contributed by atoms with Gasteiger partial charge in [-0.25, -0.2) is 4.39 Å². The first-order chi connectivity index (χ1) is 18.9. The van der Waals surface area contributed by atoms with Crippen LogP contribution in [0, 0.1) is 5.82 Å². The Morgan fingerprint density at radius 2 is 1.85 bits per heavy atom. The summed E-state index contributed by atoms with van der Waals surface area (Å²) in [6.07, 6.45) is 0. The lowest BCUT2D eigenvalue weighted by Gasteiger charge is -2.22. The van der Waals surface area contributed by atoms with Crippen molar-refractivity contribution < 1.29 is 23.8 Å². The molecule has 0 bridgehead atoms. The van der Waals surface area contributed by atoms with E-state index >= 15 is 0 Å². The molecule has 1 atom stereocenters. The molecule has 2 heterocycles. The van der Waals surface area contributed by atoms with Crippen molar-refractivity contribution in [1.82, 2.24) is 10.2 Å². The highest BCUT2D eigenvalue weighted by Crippen LogP contribution is 2.44. The molecule has 5 rings (SSSR count). The van der Waals surface area contributed by atoms with E-state index < -0.39 is 17.7 Å². The highest BCUT2D eigenvalue weighted by atomic mass is 79.9. The van der Waals surface area contributed by atoms with Crippen LogP contribution in [0.1, 0.15) is 29.7 Å². The fourth-order valence-corrected chi connectivity index (χ4v) is 6.38. The predicted molar refractivity (Wildman–Crippen MR) is 152 cm³/mol. The number of aliphatic hydroxyl groups is 1. The number of carbonyl (C=O) groups is 2. The lowest BCUT2D eigenvalue weighted by Crippen LogP contribution is -2.29. The summed E-state index contributed by atoms with van der Waals surface area (Å²) in [6.45, 7) is 2.36. The second kappa shape index (κ2) is 11.7. The number of hydrogen-bond acceptors (Lipinski definition) is 8. The van der Waals surface area contributed by atoms with Crippen molar-refractivity contribution in [3.8, 4) is 5.75 Å². The van der Waals surface area contributed by atoms with Crippen molar-refractivity contribution in [1.29, 1.82) is 0 Å². The normalized spacial score (nSPS) is 16.6. The summed E-state index contributed by atoms with van der Waals surface area (Å²) < 4.78 is 20.0. The van der Waals surface area contributed by atoms with Gasteiger partial charge in [-0.2, -0.15) is 0 Å². The van der Waals surface area contributed by atoms with Gasteiger partial charge in [-0.3, -0.25) is 14.5 Å². The van der Waals surface area contributed by atoms with Crippen molar-refractivity contribution in [2.45, 2.75) is 23.1 Å². The standard InChI is InChI=1S/C28H21BrFN3O4S2/c1-2-37-21-12-8-17(9-13-21)24(34)22-23(18-4-3-5-19(29)14-18)33(26(36)25(22)35)27-31-32-28(39-27)38-15-16-6-10-20(30)11-7-16/h3-14,23,34H,2,15H2,1H3/b24-22-. The Morgan fingerprint density at radius 3 is 2.54 bits per heavy atom. The number of anilines is 1. The third-order valence-electron chi connectivity index (χ3n) is 5.93. The first-order valence-electron chi connectivity index (χ1n) is 11.9. The Bertz CT molecular complexity index is 1560. The van der Waals surface area contributed by atoms with Gasteiger partial charge in [0.1, 0.15) is 17.3 Å². The Balaban J connectivity index is 1.52. The molecule has 0 aliphatic carbocycles. The highest BCUT2D eigenvalue weighted by Gasteiger charge is 2.48. The molecule has 11 heteroatoms. The van der Waals surface area contributed by atoms with E-state index in [0.717, 1.165) is 21.4 Å². The first kappa shape index (κ1) is 27.0. The van der Waals surface area contributed by atoms with Gasteiger partial charge in [0.05, 0.1) is 18.2 Å². The lowest BCUT2D eigenvalue weighted by atomic mass is 9.95. The quantitative estimate of drug-likeness (QED) is 0.0760. The topological polar surface area (TPSA) is 92.6 Å². The van der Waals surface area contributed by atoms with E-state index in [0.29, 0.717) is 33.6 Å². The van der Waals surface area contributed by atoms with Crippen LogP contribution in [0.15, 0.2) is 87.2 Å². The summed E-state index contributed by atoms with van der Waals surface area (Å²) in [5.74, 6) is -1.08. The van der Waals surface area contributed by atoms with Gasteiger partial charge < -0.3 is 9.84 Å². The molecule has 39 heavy (non-hydrogen) atoms. The summed E-state index contributed by atoms with van der Waals surface area (Å²) >= 11 is 6.01. The van der Waals surface area contributed by atoms with Crippen LogP contribution in [0.4, 0.5) is 9.52 Å². The fraction of sp³-hybridized carbons (Fsp3) is 0.143. The van der Waals surface area contributed by atoms with E-state index in [9.17, 15) is 19.1 Å². The van der Waals surface area contributed by atoms with E-state index in [1.165, 1.54) is 28.8 Å². The molecular formula is C28H21BrFN3O4S2. The third-order valence-corrected chi connectivity index (χ3v) is 8.55. The number of hydrogen-bond donors (Lipinski definition) is 1. The highest BCUT2D eigenvalue weighted by molar-refractivity contribution is 9.10. The van der Waals surface area contributed by atoms with E-state index in [-0.39, 0.29) is 22.3 Å². The molecular weight excluding hydrogens is 605 g/mol. The van der Waals surface area contributed by atoms with Gasteiger partial charge in [0.25, 0.3) is 5.78 Å². The number of aromatic nitrogens is 2. The van der Waals surface area contributed by atoms with E-state index in [2.05, 4.69) is 26.1 Å². The van der Waals surface area contributed by atoms with Gasteiger partial charge in [-0.05, 0) is 66.6 Å². The molecule has 1 unspecified atom stereocenters. The zero-order chi connectivity index (χ0) is 27.5. The lowest BCUT2D eigenvalue weighted by molar-refractivity contribution is -0.132. The Hall–Kier alpha value is -3.54. The van der Waals surface area contributed by atoms with Gasteiger partial charge in [0, 0.05) is 15.8 Å². The number of thioether (sulfide) groups is 1. The van der Waals surface area contributed by atoms with E-state index in [1.54, 1.807) is 54.6 Å². The molecule has 0 radical (unpaired) electrons. The second-order valence-electron chi connectivity index (χ2n) is 8.45. The number of nitrogens with zero attached hydrogens (tertiary/aromatic N) is 3. The predicted octanol–water partition coefficient (Wildman–Crippen LogP) is 6.76. The van der Waals surface area contributed by atoms with Crippen LogP contribution >= 0.6 is 39.0 Å². The van der Waals surface area contributed by atoms with Crippen molar-refractivity contribution in [3.63, 3.8) is 0 Å². The van der Waals surface area contributed by atoms with Crippen LogP contribution in [0.5, 0.6) is 5.75 Å². The maximum Gasteiger partial charge on any atom is 0.301 e. The van der Waals surface area contributed by atoms with Gasteiger partial charge >= 0.3 is 5.91 Å². The number of Topliss-reactive ketones (excluding diaryl/α,β-unsaturated/α-hetero) is 1. The number of benzene rings is 3. The summed E-state index contributed by atoms with van der Waals surface area (Å²) in [4.78, 5) is 28.0. The Kier molecular flexibility index (Phi) is 8.10. The number of ether oxygens (including phenoxy) is 1. The third kappa shape index (κ3) is 5.75. The second-order valence-corrected chi connectivity index (χ2v) is 11.5. The average molecular weight is 627 g/mol. The fourth-order valence-electron chi connectivity index (χ4n) is 4.14. The van der Waals surface area contributed by atoms with Crippen LogP contribution in [0.2, 0.25) is 0 Å². The number of ketones is 1. The van der Waals surface area contributed by atoms with Crippen molar-refractivity contribution in [2.24, 2.45) is 0 Å². The minimum Gasteiger partial charge on any atom is -0.507 e. The van der Waals surface area contributed by atoms with Crippen LogP contribution < -0.4 is 9.64 Å². The zero-order valence-corrected chi connectivity index (χ0v) is 23.7. The maximum absolute atomic E-state index is 13.4. The monoisotopic (exact) mass is 625 g/mol. The number of rotatable bonds is 8. The van der Waals surface area contributed by atoms with Crippen LogP contribution in [0.25, 0.3) is 5.76 Å². The molecule has 0 saturated carbocycles. The summed E-state index contributed by atoms with van der Waals surface area (Å²) in [7, 11) is 0. The summed E-state index contributed by atoms with van der Waals surface area (Å²) in [5, 5.41) is 19.9. The Labute approximate surface area is 240 Å². The van der Waals surface area contributed by atoms with Crippen LogP contribution in [0.3, 0.4) is 0 Å². The molecule has 1 aromatic heterocycles. The minimum absolute atomic E-state index is 0.0435. The number of carbonyl (C=O) groups excluding carboxylic acids is 2. The first-order valence-corrected chi connectivity index (χ1v) is 14.5. The van der Waals surface area contributed by atoms with Crippen molar-refractivity contribution >= 4 is 61.6 Å². The smallest absolute Gasteiger partial charge is 0.301 e. The number of halogens is 2. The summed E-state index contributed by atoms with van der Waals surface area (Å²) in [6, 6.07) is 19.1. The van der Waals surface area contributed by atoms with Crippen molar-refractivity contribution in [3.05, 3.63) is 105 Å². The molecule has 1 saturated heterocycles. The molecule has 1 amide bonds. The SMILES string of the molecule is CCOc1ccc(/C(O)=C2/C(=O)C(=O)N(c3nnc(SCc4ccc(F)cc4)s3)C2c2cccc(Br)c2)cc1. The summed E-state index contributed by atoms with van der Waals surface area (Å²) in [5.41, 5.74) is 1.86. The zero-order valence-electron chi connectivity index (χ0n) is 20.5. The van der Waals surface area contributed by atoms with E-state index in [1.807, 2.05) is 13.0 Å². The molecule has 198 valence electrons. The molecule has 3 aromatic carbocycles. The molecule has 7 nitrogen and oxygen atoms in total. The molecule has 4 aromatic rings. The number of amides is 1. The largest absolute Gasteiger partial charge is 0.507 e. The molecule has 0 spiro atoms. The minimum atomic E-state index is -0.919. The van der Waals surface area contributed by atoms with Crippen molar-refractivity contribution in [2.75, 3.05) is 11.5 Å². The molecule has 1 fully saturated rings. The number of aliphatic hydroxyl groups excluding tert-OH is 1. The van der Waals surface area contributed by atoms with E-state index in [4.69, 9.17) is 4.74 Å². The molecule has 1 aliphatic heterocycles. The molecule has 1 N–H and O–H groups in total. The van der Waals surface area contributed by atoms with Crippen LogP contribution in [-0.2, 0) is 15.3 Å². The van der Waals surface area contributed by atoms with Crippen LogP contribution in [-0.4, -0.2) is 33.6 Å². The average Bonchev–Trinajstić information content (AvgIpc) is 3.50.